The van der Waals surface area contributed by atoms with E-state index in [1.165, 1.54) is 0 Å². The number of phenols is 1. The molecule has 2 aromatic heterocycles. The Morgan fingerprint density at radius 2 is 2.05 bits per heavy atom. The van der Waals surface area contributed by atoms with Crippen LogP contribution in [0.15, 0.2) is 29.1 Å². The molecule has 1 aromatic carbocycles. The molecule has 110 valence electrons. The van der Waals surface area contributed by atoms with E-state index in [1.54, 1.807) is 35.9 Å². The fourth-order valence-corrected chi connectivity index (χ4v) is 2.66. The number of hydrogen-bond acceptors (Lipinski definition) is 7. The maximum atomic E-state index is 12.1. The Hall–Kier alpha value is -3.23. The lowest BCUT2D eigenvalue weighted by Crippen LogP contribution is -2.29. The number of rotatable bonds is 1. The lowest BCUT2D eigenvalue weighted by atomic mass is 9.95. The minimum atomic E-state index is -0.392. The van der Waals surface area contributed by atoms with Crippen molar-refractivity contribution in [2.24, 2.45) is 0 Å². The number of aryl methyl sites for hydroxylation is 1. The van der Waals surface area contributed by atoms with Gasteiger partial charge in [0.15, 0.2) is 0 Å². The molecule has 0 aliphatic carbocycles. The number of nitrogens with zero attached hydrogens (tertiary/aromatic N) is 5. The zero-order valence-corrected chi connectivity index (χ0v) is 11.5. The Morgan fingerprint density at radius 1 is 1.27 bits per heavy atom. The SMILES string of the molecule is Cc1n[nH]c(=O)c2c1[C@@H](c1ccc(O)cc1)n1nnnc1N2. The molecule has 9 nitrogen and oxygen atoms in total. The number of aromatic hydroxyl groups is 1. The Bertz CT molecular complexity index is 913. The summed E-state index contributed by atoms with van der Waals surface area (Å²) in [4.78, 5) is 12.1. The number of H-pyrrole nitrogens is 1. The highest BCUT2D eigenvalue weighted by Gasteiger charge is 2.32. The van der Waals surface area contributed by atoms with E-state index in [-0.39, 0.29) is 11.3 Å². The summed E-state index contributed by atoms with van der Waals surface area (Å²) in [6.45, 7) is 1.80. The number of anilines is 2. The van der Waals surface area contributed by atoms with Gasteiger partial charge in [-0.2, -0.15) is 9.78 Å². The van der Waals surface area contributed by atoms with Crippen molar-refractivity contribution in [2.75, 3.05) is 5.32 Å². The quantitative estimate of drug-likeness (QED) is 0.466. The first-order valence-corrected chi connectivity index (χ1v) is 6.58. The Kier molecular flexibility index (Phi) is 2.49. The smallest absolute Gasteiger partial charge is 0.288 e. The highest BCUT2D eigenvalue weighted by atomic mass is 16.3. The molecule has 3 aromatic rings. The van der Waals surface area contributed by atoms with E-state index >= 15 is 0 Å². The van der Waals surface area contributed by atoms with E-state index in [1.807, 2.05) is 0 Å². The molecule has 0 saturated heterocycles. The predicted octanol–water partition coefficient (Wildman–Crippen LogP) is 0.465. The molecule has 4 rings (SSSR count). The Balaban J connectivity index is 2.02. The topological polar surface area (TPSA) is 122 Å². The standard InChI is InChI=1S/C13H11N7O2/c1-6-9-10(12(22)16-15-6)14-13-17-18-19-20(13)11(9)7-2-4-8(21)5-3-7/h2-5,11,21H,1H3,(H,16,22)(H,14,17,19)/t11-/m1/s1. The van der Waals surface area contributed by atoms with E-state index in [0.717, 1.165) is 5.56 Å². The van der Waals surface area contributed by atoms with Gasteiger partial charge in [0, 0.05) is 5.56 Å². The molecule has 0 saturated carbocycles. The van der Waals surface area contributed by atoms with Gasteiger partial charge in [-0.3, -0.25) is 4.79 Å². The van der Waals surface area contributed by atoms with Crippen LogP contribution in [-0.4, -0.2) is 35.5 Å². The molecule has 0 fully saturated rings. The van der Waals surface area contributed by atoms with E-state index in [0.29, 0.717) is 22.9 Å². The van der Waals surface area contributed by atoms with E-state index in [4.69, 9.17) is 0 Å². The summed E-state index contributed by atoms with van der Waals surface area (Å²) in [6.07, 6.45) is 0. The minimum Gasteiger partial charge on any atom is -0.508 e. The van der Waals surface area contributed by atoms with Crippen molar-refractivity contribution in [3.05, 3.63) is 51.4 Å². The van der Waals surface area contributed by atoms with Crippen molar-refractivity contribution < 1.29 is 5.11 Å². The van der Waals surface area contributed by atoms with Gasteiger partial charge in [0.2, 0.25) is 5.95 Å². The molecule has 0 amide bonds. The van der Waals surface area contributed by atoms with Crippen LogP contribution in [0, 0.1) is 6.92 Å². The normalized spacial score (nSPS) is 15.8. The maximum Gasteiger partial charge on any atom is 0.288 e. The van der Waals surface area contributed by atoms with Gasteiger partial charge in [0.1, 0.15) is 17.5 Å². The van der Waals surface area contributed by atoms with Gasteiger partial charge in [-0.15, -0.1) is 0 Å². The number of nitrogens with one attached hydrogen (secondary N) is 2. The Labute approximate surface area is 123 Å². The second kappa shape index (κ2) is 4.38. The lowest BCUT2D eigenvalue weighted by Gasteiger charge is -2.27. The third kappa shape index (κ3) is 1.68. The van der Waals surface area contributed by atoms with Crippen molar-refractivity contribution in [2.45, 2.75) is 13.0 Å². The second-order valence-corrected chi connectivity index (χ2v) is 4.99. The number of phenolic OH excluding ortho intramolecular Hbond substituents is 1. The van der Waals surface area contributed by atoms with Gasteiger partial charge >= 0.3 is 0 Å². The largest absolute Gasteiger partial charge is 0.508 e. The van der Waals surface area contributed by atoms with Crippen LogP contribution in [0.2, 0.25) is 0 Å². The number of fused-ring (bicyclic) bond motifs is 2. The maximum absolute atomic E-state index is 12.1. The van der Waals surface area contributed by atoms with E-state index in [2.05, 4.69) is 31.0 Å². The molecule has 0 radical (unpaired) electrons. The van der Waals surface area contributed by atoms with Gasteiger partial charge in [-0.25, -0.2) is 5.10 Å². The summed E-state index contributed by atoms with van der Waals surface area (Å²) >= 11 is 0. The molecular weight excluding hydrogens is 286 g/mol. The summed E-state index contributed by atoms with van der Waals surface area (Å²) < 4.78 is 1.59. The molecule has 1 aliphatic rings. The van der Waals surface area contributed by atoms with Gasteiger partial charge < -0.3 is 10.4 Å². The fraction of sp³-hybridized carbons (Fsp3) is 0.154. The highest BCUT2D eigenvalue weighted by Crippen LogP contribution is 2.37. The first-order chi connectivity index (χ1) is 10.6. The lowest BCUT2D eigenvalue weighted by molar-refractivity contribution is 0.474. The average molecular weight is 297 g/mol. The van der Waals surface area contributed by atoms with Gasteiger partial charge in [-0.1, -0.05) is 17.2 Å². The molecule has 3 N–H and O–H groups in total. The van der Waals surface area contributed by atoms with Crippen molar-refractivity contribution in [3.63, 3.8) is 0 Å². The van der Waals surface area contributed by atoms with Crippen LogP contribution in [0.4, 0.5) is 11.6 Å². The first kappa shape index (κ1) is 12.5. The molecular formula is C13H11N7O2. The summed E-state index contributed by atoms with van der Waals surface area (Å²) in [5.41, 5.74) is 2.26. The van der Waals surface area contributed by atoms with Gasteiger partial charge in [0.25, 0.3) is 5.56 Å². The average Bonchev–Trinajstić information content (AvgIpc) is 2.98. The fourth-order valence-electron chi connectivity index (χ4n) is 2.66. The summed E-state index contributed by atoms with van der Waals surface area (Å²) in [5, 5.41) is 30.4. The Morgan fingerprint density at radius 3 is 2.82 bits per heavy atom. The van der Waals surface area contributed by atoms with Crippen molar-refractivity contribution in [1.82, 2.24) is 30.4 Å². The zero-order chi connectivity index (χ0) is 15.3. The summed E-state index contributed by atoms with van der Waals surface area (Å²) in [6, 6.07) is 6.30. The minimum absolute atomic E-state index is 0.163. The van der Waals surface area contributed by atoms with E-state index in [9.17, 15) is 9.90 Å². The van der Waals surface area contributed by atoms with Crippen molar-refractivity contribution >= 4 is 11.6 Å². The first-order valence-electron chi connectivity index (χ1n) is 6.58. The van der Waals surface area contributed by atoms with Crippen LogP contribution in [0.25, 0.3) is 0 Å². The van der Waals surface area contributed by atoms with Crippen LogP contribution < -0.4 is 10.9 Å². The van der Waals surface area contributed by atoms with Crippen LogP contribution in [0.1, 0.15) is 22.9 Å². The van der Waals surface area contributed by atoms with Crippen LogP contribution in [-0.2, 0) is 0 Å². The van der Waals surface area contributed by atoms with Crippen LogP contribution in [0.5, 0.6) is 5.75 Å². The monoisotopic (exact) mass is 297 g/mol. The van der Waals surface area contributed by atoms with Gasteiger partial charge in [-0.05, 0) is 35.0 Å². The third-order valence-corrected chi connectivity index (χ3v) is 3.67. The molecule has 0 bridgehead atoms. The van der Waals surface area contributed by atoms with Crippen LogP contribution in [0.3, 0.4) is 0 Å². The zero-order valence-electron chi connectivity index (χ0n) is 11.5. The predicted molar refractivity (Wildman–Crippen MR) is 76.0 cm³/mol. The molecule has 1 atom stereocenters. The molecule has 1 aliphatic heterocycles. The summed E-state index contributed by atoms with van der Waals surface area (Å²) in [5.74, 6) is 0.539. The molecule has 9 heteroatoms. The van der Waals surface area contributed by atoms with Crippen molar-refractivity contribution in [1.29, 1.82) is 0 Å². The van der Waals surface area contributed by atoms with E-state index < -0.39 is 6.04 Å². The number of hydrogen-bond donors (Lipinski definition) is 3. The third-order valence-electron chi connectivity index (χ3n) is 3.67. The second-order valence-electron chi connectivity index (χ2n) is 4.99. The summed E-state index contributed by atoms with van der Waals surface area (Å²) in [7, 11) is 0. The van der Waals surface area contributed by atoms with Gasteiger partial charge in [0.05, 0.1) is 5.69 Å². The number of benzene rings is 1. The van der Waals surface area contributed by atoms with Crippen LogP contribution >= 0.6 is 0 Å². The molecule has 22 heavy (non-hydrogen) atoms. The highest BCUT2D eigenvalue weighted by molar-refractivity contribution is 5.64. The molecule has 0 unspecified atom stereocenters. The molecule has 0 spiro atoms. The van der Waals surface area contributed by atoms with Crippen molar-refractivity contribution in [3.8, 4) is 5.75 Å². The number of aromatic nitrogens is 6. The molecule has 3 heterocycles. The number of tetrazole rings is 1. The number of aromatic amines is 1.